The van der Waals surface area contributed by atoms with Gasteiger partial charge in [0.05, 0.1) is 0 Å². The average Bonchev–Trinajstić information content (AvgIpc) is 2.78. The molecule has 0 aliphatic heterocycles. The fourth-order valence-corrected chi connectivity index (χ4v) is 2.93. The summed E-state index contributed by atoms with van der Waals surface area (Å²) in [6.45, 7) is 3.90. The molecule has 0 heterocycles. The highest BCUT2D eigenvalue weighted by molar-refractivity contribution is 6.13. The molecule has 33 heavy (non-hydrogen) atoms. The van der Waals surface area contributed by atoms with Crippen LogP contribution in [-0.4, -0.2) is 52.9 Å². The van der Waals surface area contributed by atoms with E-state index in [2.05, 4.69) is 10.6 Å². The summed E-state index contributed by atoms with van der Waals surface area (Å²) in [7, 11) is 0. The first-order chi connectivity index (χ1) is 15.8. The van der Waals surface area contributed by atoms with E-state index in [4.69, 9.17) is 14.8 Å². The maximum Gasteiger partial charge on any atom is 0.482 e. The van der Waals surface area contributed by atoms with Crippen molar-refractivity contribution in [2.24, 2.45) is 5.92 Å². The third kappa shape index (κ3) is 11.7. The number of ether oxygens (including phenoxy) is 1. The molecule has 2 amide bonds. The van der Waals surface area contributed by atoms with Gasteiger partial charge in [-0.05, 0) is 23.5 Å². The molecule has 2 rings (SSSR count). The minimum absolute atomic E-state index is 0. The first-order valence-corrected chi connectivity index (χ1v) is 10.4. The maximum absolute atomic E-state index is 12.7. The van der Waals surface area contributed by atoms with Crippen LogP contribution in [0.5, 0.6) is 0 Å². The molecule has 0 aromatic heterocycles. The van der Waals surface area contributed by atoms with Gasteiger partial charge in [-0.1, -0.05) is 74.5 Å². The monoisotopic (exact) mass is 457 g/mol. The summed E-state index contributed by atoms with van der Waals surface area (Å²) in [5.74, 6) is -1.58. The summed E-state index contributed by atoms with van der Waals surface area (Å²) in [6.07, 6.45) is -0.229. The van der Waals surface area contributed by atoms with Crippen molar-refractivity contribution in [3.63, 3.8) is 0 Å². The zero-order valence-electron chi connectivity index (χ0n) is 18.7. The van der Waals surface area contributed by atoms with Gasteiger partial charge < -0.3 is 30.5 Å². The van der Waals surface area contributed by atoms with Crippen LogP contribution in [0.15, 0.2) is 60.7 Å². The SMILES string of the molecule is CC(C)CC(NC(=O)OCc1ccccc1)C(=O)NC(Cc1ccccc1)C(=O)O.O[B]O. The molecule has 0 saturated heterocycles. The predicted molar refractivity (Wildman–Crippen MR) is 123 cm³/mol. The molecular weight excluding hydrogens is 427 g/mol. The number of hydrogen-bond acceptors (Lipinski definition) is 6. The third-order valence-electron chi connectivity index (χ3n) is 4.43. The number of aliphatic carboxylic acids is 1. The topological polar surface area (TPSA) is 145 Å². The highest BCUT2D eigenvalue weighted by atomic mass is 16.5. The summed E-state index contributed by atoms with van der Waals surface area (Å²) < 4.78 is 5.19. The summed E-state index contributed by atoms with van der Waals surface area (Å²) in [5.41, 5.74) is 1.62. The second-order valence-corrected chi connectivity index (χ2v) is 7.59. The van der Waals surface area contributed by atoms with Gasteiger partial charge in [-0.2, -0.15) is 0 Å². The Morgan fingerprint density at radius 3 is 1.88 bits per heavy atom. The van der Waals surface area contributed by atoms with Gasteiger partial charge in [0.25, 0.3) is 0 Å². The number of hydrogen-bond donors (Lipinski definition) is 5. The smallest absolute Gasteiger partial charge is 0.480 e. The van der Waals surface area contributed by atoms with Crippen LogP contribution in [0.3, 0.4) is 0 Å². The number of benzene rings is 2. The van der Waals surface area contributed by atoms with Gasteiger partial charge in [-0.3, -0.25) is 4.79 Å². The number of carboxylic acid groups (broad SMARTS) is 1. The summed E-state index contributed by atoms with van der Waals surface area (Å²) in [4.78, 5) is 36.6. The van der Waals surface area contributed by atoms with Crippen LogP contribution < -0.4 is 10.6 Å². The number of rotatable bonds is 10. The minimum atomic E-state index is -1.14. The summed E-state index contributed by atoms with van der Waals surface area (Å²) >= 11 is 0. The lowest BCUT2D eigenvalue weighted by Crippen LogP contribution is -2.52. The van der Waals surface area contributed by atoms with E-state index in [1.807, 2.05) is 62.4 Å². The minimum Gasteiger partial charge on any atom is -0.480 e. The molecule has 0 bridgehead atoms. The Bertz CT molecular complexity index is 850. The standard InChI is InChI=1S/C23H28N2O5.BH2O2/c1-16(2)13-19(25-23(29)30-15-18-11-7-4-8-12-18)21(26)24-20(22(27)28)14-17-9-5-3-6-10-17;2-1-3/h3-12,16,19-20H,13-15H2,1-2H3,(H,24,26)(H,25,29)(H,27,28);2-3H. The van der Waals surface area contributed by atoms with E-state index in [1.165, 1.54) is 0 Å². The number of amides is 2. The van der Waals surface area contributed by atoms with Crippen molar-refractivity contribution in [3.8, 4) is 0 Å². The second kappa shape index (κ2) is 15.4. The summed E-state index contributed by atoms with van der Waals surface area (Å²) in [6, 6.07) is 16.2. The molecule has 2 atom stereocenters. The Kier molecular flexibility index (Phi) is 12.9. The number of carbonyl (C=O) groups excluding carboxylic acids is 2. The van der Waals surface area contributed by atoms with Crippen molar-refractivity contribution in [3.05, 3.63) is 71.8 Å². The number of nitrogens with one attached hydrogen (secondary N) is 2. The molecule has 0 aliphatic carbocycles. The molecule has 0 fully saturated rings. The van der Waals surface area contributed by atoms with Crippen molar-refractivity contribution in [1.29, 1.82) is 0 Å². The molecule has 5 N–H and O–H groups in total. The fraction of sp³-hybridized carbons (Fsp3) is 0.348. The van der Waals surface area contributed by atoms with Crippen molar-refractivity contribution >= 4 is 25.7 Å². The predicted octanol–water partition coefficient (Wildman–Crippen LogP) is 1.64. The van der Waals surface area contributed by atoms with E-state index in [1.54, 1.807) is 12.1 Å². The molecule has 0 aliphatic rings. The molecule has 0 spiro atoms. The quantitative estimate of drug-likeness (QED) is 0.341. The highest BCUT2D eigenvalue weighted by Gasteiger charge is 2.27. The van der Waals surface area contributed by atoms with E-state index >= 15 is 0 Å². The fourth-order valence-electron chi connectivity index (χ4n) is 2.93. The van der Waals surface area contributed by atoms with E-state index in [0.29, 0.717) is 6.42 Å². The molecule has 177 valence electrons. The van der Waals surface area contributed by atoms with E-state index < -0.39 is 30.1 Å². The van der Waals surface area contributed by atoms with Crippen LogP contribution >= 0.6 is 0 Å². The van der Waals surface area contributed by atoms with Crippen LogP contribution in [0.2, 0.25) is 0 Å². The van der Waals surface area contributed by atoms with Gasteiger partial charge >= 0.3 is 19.7 Å². The van der Waals surface area contributed by atoms with Crippen LogP contribution in [0.4, 0.5) is 4.79 Å². The van der Waals surface area contributed by atoms with Crippen LogP contribution in [0, 0.1) is 5.92 Å². The van der Waals surface area contributed by atoms with Crippen molar-refractivity contribution in [2.45, 2.75) is 45.4 Å². The lowest BCUT2D eigenvalue weighted by molar-refractivity contribution is -0.142. The Hall–Kier alpha value is -3.37. The van der Waals surface area contributed by atoms with Crippen LogP contribution in [0.25, 0.3) is 0 Å². The van der Waals surface area contributed by atoms with E-state index in [0.717, 1.165) is 11.1 Å². The van der Waals surface area contributed by atoms with Gasteiger partial charge in [0, 0.05) is 6.42 Å². The maximum atomic E-state index is 12.7. The lowest BCUT2D eigenvalue weighted by atomic mass is 10.0. The molecule has 9 nitrogen and oxygen atoms in total. The van der Waals surface area contributed by atoms with Crippen molar-refractivity contribution in [1.82, 2.24) is 10.6 Å². The largest absolute Gasteiger partial charge is 0.482 e. The summed E-state index contributed by atoms with van der Waals surface area (Å²) in [5, 5.41) is 28.6. The first-order valence-electron chi connectivity index (χ1n) is 10.4. The van der Waals surface area contributed by atoms with Gasteiger partial charge in [-0.25, -0.2) is 9.59 Å². The number of carbonyl (C=O) groups is 3. The number of carboxylic acids is 1. The van der Waals surface area contributed by atoms with Crippen molar-refractivity contribution in [2.75, 3.05) is 0 Å². The van der Waals surface area contributed by atoms with Crippen molar-refractivity contribution < 1.29 is 34.3 Å². The lowest BCUT2D eigenvalue weighted by Gasteiger charge is -2.22. The third-order valence-corrected chi connectivity index (χ3v) is 4.43. The zero-order chi connectivity index (χ0) is 24.6. The van der Waals surface area contributed by atoms with Gasteiger partial charge in [0.1, 0.15) is 18.7 Å². The Morgan fingerprint density at radius 2 is 1.39 bits per heavy atom. The normalized spacial score (nSPS) is 11.9. The molecular formula is C23H30BN2O7. The number of alkyl carbamates (subject to hydrolysis) is 1. The average molecular weight is 457 g/mol. The van der Waals surface area contributed by atoms with E-state index in [9.17, 15) is 19.5 Å². The molecule has 1 radical (unpaired) electrons. The highest BCUT2D eigenvalue weighted by Crippen LogP contribution is 2.09. The second-order valence-electron chi connectivity index (χ2n) is 7.59. The first kappa shape index (κ1) is 27.7. The van der Waals surface area contributed by atoms with E-state index in [-0.39, 0.29) is 26.6 Å². The molecule has 10 heteroatoms. The van der Waals surface area contributed by atoms with Crippen LogP contribution in [0.1, 0.15) is 31.4 Å². The molecule has 2 aromatic rings. The van der Waals surface area contributed by atoms with Crippen LogP contribution in [-0.2, 0) is 27.4 Å². The van der Waals surface area contributed by atoms with Gasteiger partial charge in [0.2, 0.25) is 5.91 Å². The van der Waals surface area contributed by atoms with Gasteiger partial charge in [0.15, 0.2) is 0 Å². The zero-order valence-corrected chi connectivity index (χ0v) is 18.7. The molecule has 0 saturated carbocycles. The molecule has 2 unspecified atom stereocenters. The Labute approximate surface area is 194 Å². The Morgan fingerprint density at radius 1 is 0.879 bits per heavy atom. The molecule has 2 aromatic carbocycles. The Balaban J connectivity index is 0.00000172. The van der Waals surface area contributed by atoms with Gasteiger partial charge in [-0.15, -0.1) is 0 Å².